The van der Waals surface area contributed by atoms with E-state index in [1.807, 2.05) is 12.5 Å². The molecule has 0 aliphatic carbocycles. The van der Waals surface area contributed by atoms with Crippen molar-refractivity contribution in [3.63, 3.8) is 0 Å². The highest BCUT2D eigenvalue weighted by Gasteiger charge is 2.15. The van der Waals surface area contributed by atoms with Crippen LogP contribution in [0.4, 0.5) is 0 Å². The molecule has 1 aromatic heterocycles. The van der Waals surface area contributed by atoms with Gasteiger partial charge in [0.1, 0.15) is 0 Å². The summed E-state index contributed by atoms with van der Waals surface area (Å²) in [5.41, 5.74) is 1.27. The SMILES string of the molecule is CCCNCc1cncn1CCC1CCCO1. The summed E-state index contributed by atoms with van der Waals surface area (Å²) in [5.74, 6) is 0. The van der Waals surface area contributed by atoms with Gasteiger partial charge >= 0.3 is 0 Å². The molecule has 1 N–H and O–H groups in total. The first-order valence-electron chi connectivity index (χ1n) is 6.71. The van der Waals surface area contributed by atoms with Crippen LogP contribution in [0.5, 0.6) is 0 Å². The van der Waals surface area contributed by atoms with Crippen molar-refractivity contribution in [1.29, 1.82) is 0 Å². The molecule has 1 aliphatic rings. The Morgan fingerprint density at radius 1 is 1.59 bits per heavy atom. The molecule has 1 aromatic rings. The van der Waals surface area contributed by atoms with E-state index in [2.05, 4.69) is 21.8 Å². The molecule has 0 spiro atoms. The van der Waals surface area contributed by atoms with Crippen LogP contribution in [0, 0.1) is 0 Å². The summed E-state index contributed by atoms with van der Waals surface area (Å²) in [6.45, 7) is 6.13. The third kappa shape index (κ3) is 3.82. The van der Waals surface area contributed by atoms with Crippen LogP contribution in [0.1, 0.15) is 38.3 Å². The third-order valence-corrected chi connectivity index (χ3v) is 3.25. The van der Waals surface area contributed by atoms with Crippen molar-refractivity contribution >= 4 is 0 Å². The fourth-order valence-corrected chi connectivity index (χ4v) is 2.25. The van der Waals surface area contributed by atoms with Gasteiger partial charge in [-0.1, -0.05) is 6.92 Å². The molecular formula is C13H23N3O. The van der Waals surface area contributed by atoms with E-state index in [1.54, 1.807) is 0 Å². The second-order valence-corrected chi connectivity index (χ2v) is 4.68. The Balaban J connectivity index is 1.76. The molecule has 1 saturated heterocycles. The van der Waals surface area contributed by atoms with Gasteiger partial charge in [-0.2, -0.15) is 0 Å². The minimum Gasteiger partial charge on any atom is -0.378 e. The molecule has 17 heavy (non-hydrogen) atoms. The summed E-state index contributed by atoms with van der Waals surface area (Å²) in [6, 6.07) is 0. The van der Waals surface area contributed by atoms with Crippen LogP contribution in [0.25, 0.3) is 0 Å². The van der Waals surface area contributed by atoms with Gasteiger partial charge in [0.15, 0.2) is 0 Å². The Hall–Kier alpha value is -0.870. The normalized spacial score (nSPS) is 19.9. The quantitative estimate of drug-likeness (QED) is 0.737. The highest BCUT2D eigenvalue weighted by molar-refractivity contribution is 4.97. The lowest BCUT2D eigenvalue weighted by molar-refractivity contribution is 0.100. The van der Waals surface area contributed by atoms with Crippen LogP contribution in [0.2, 0.25) is 0 Å². The van der Waals surface area contributed by atoms with E-state index in [4.69, 9.17) is 4.74 Å². The summed E-state index contributed by atoms with van der Waals surface area (Å²) in [4.78, 5) is 4.23. The van der Waals surface area contributed by atoms with Crippen molar-refractivity contribution in [2.24, 2.45) is 0 Å². The van der Waals surface area contributed by atoms with E-state index < -0.39 is 0 Å². The molecule has 0 bridgehead atoms. The number of imidazole rings is 1. The number of ether oxygens (including phenoxy) is 1. The summed E-state index contributed by atoms with van der Waals surface area (Å²) in [6.07, 6.45) is 9.07. The lowest BCUT2D eigenvalue weighted by Crippen LogP contribution is -2.18. The fraction of sp³-hybridized carbons (Fsp3) is 0.769. The van der Waals surface area contributed by atoms with Crippen molar-refractivity contribution in [2.45, 2.75) is 51.8 Å². The lowest BCUT2D eigenvalue weighted by Gasteiger charge is -2.12. The van der Waals surface area contributed by atoms with Gasteiger partial charge in [-0.15, -0.1) is 0 Å². The Kier molecular flexibility index (Phi) is 5.01. The second kappa shape index (κ2) is 6.77. The average molecular weight is 237 g/mol. The van der Waals surface area contributed by atoms with Gasteiger partial charge in [0.2, 0.25) is 0 Å². The largest absolute Gasteiger partial charge is 0.378 e. The molecule has 2 heterocycles. The first kappa shape index (κ1) is 12.6. The van der Waals surface area contributed by atoms with Crippen LogP contribution in [0.15, 0.2) is 12.5 Å². The Morgan fingerprint density at radius 2 is 2.53 bits per heavy atom. The maximum Gasteiger partial charge on any atom is 0.0948 e. The molecule has 0 saturated carbocycles. The van der Waals surface area contributed by atoms with E-state index in [1.165, 1.54) is 25.0 Å². The summed E-state index contributed by atoms with van der Waals surface area (Å²) < 4.78 is 7.88. The molecule has 1 unspecified atom stereocenters. The molecule has 96 valence electrons. The van der Waals surface area contributed by atoms with Gasteiger partial charge in [-0.25, -0.2) is 4.98 Å². The fourth-order valence-electron chi connectivity index (χ4n) is 2.25. The van der Waals surface area contributed by atoms with Crippen molar-refractivity contribution in [2.75, 3.05) is 13.2 Å². The monoisotopic (exact) mass is 237 g/mol. The minimum absolute atomic E-state index is 0.467. The molecule has 4 heteroatoms. The van der Waals surface area contributed by atoms with Gasteiger partial charge in [0.05, 0.1) is 18.1 Å². The Morgan fingerprint density at radius 3 is 3.29 bits per heavy atom. The van der Waals surface area contributed by atoms with E-state index in [0.29, 0.717) is 6.10 Å². The third-order valence-electron chi connectivity index (χ3n) is 3.25. The van der Waals surface area contributed by atoms with Crippen molar-refractivity contribution < 1.29 is 4.74 Å². The number of nitrogens with zero attached hydrogens (tertiary/aromatic N) is 2. The number of rotatable bonds is 7. The van der Waals surface area contributed by atoms with Gasteiger partial charge in [-0.05, 0) is 32.2 Å². The average Bonchev–Trinajstić information content (AvgIpc) is 2.97. The minimum atomic E-state index is 0.467. The predicted molar refractivity (Wildman–Crippen MR) is 67.8 cm³/mol. The first-order chi connectivity index (χ1) is 8.40. The maximum absolute atomic E-state index is 5.64. The topological polar surface area (TPSA) is 39.1 Å². The van der Waals surface area contributed by atoms with Gasteiger partial charge in [0.25, 0.3) is 0 Å². The van der Waals surface area contributed by atoms with Crippen LogP contribution < -0.4 is 5.32 Å². The Bertz CT molecular complexity index is 318. The smallest absolute Gasteiger partial charge is 0.0948 e. The van der Waals surface area contributed by atoms with Gasteiger partial charge < -0.3 is 14.6 Å². The number of hydrogen-bond donors (Lipinski definition) is 1. The Labute approximate surface area is 103 Å². The molecular weight excluding hydrogens is 214 g/mol. The van der Waals surface area contributed by atoms with Crippen LogP contribution in [-0.2, 0) is 17.8 Å². The van der Waals surface area contributed by atoms with E-state index in [9.17, 15) is 0 Å². The zero-order valence-electron chi connectivity index (χ0n) is 10.7. The highest BCUT2D eigenvalue weighted by Crippen LogP contribution is 2.16. The van der Waals surface area contributed by atoms with Crippen LogP contribution in [0.3, 0.4) is 0 Å². The number of aromatic nitrogens is 2. The number of hydrogen-bond acceptors (Lipinski definition) is 3. The molecule has 4 nitrogen and oxygen atoms in total. The van der Waals surface area contributed by atoms with E-state index in [0.717, 1.165) is 32.7 Å². The van der Waals surface area contributed by atoms with Gasteiger partial charge in [-0.3, -0.25) is 0 Å². The summed E-state index contributed by atoms with van der Waals surface area (Å²) in [7, 11) is 0. The zero-order valence-corrected chi connectivity index (χ0v) is 10.7. The first-order valence-corrected chi connectivity index (χ1v) is 6.71. The summed E-state index contributed by atoms with van der Waals surface area (Å²) in [5, 5.41) is 3.41. The molecule has 0 radical (unpaired) electrons. The van der Waals surface area contributed by atoms with Crippen molar-refractivity contribution in [3.8, 4) is 0 Å². The lowest BCUT2D eigenvalue weighted by atomic mass is 10.2. The van der Waals surface area contributed by atoms with Crippen molar-refractivity contribution in [1.82, 2.24) is 14.9 Å². The molecule has 1 atom stereocenters. The molecule has 0 aromatic carbocycles. The molecule has 2 rings (SSSR count). The predicted octanol–water partition coefficient (Wildman–Crippen LogP) is 1.95. The van der Waals surface area contributed by atoms with Crippen molar-refractivity contribution in [3.05, 3.63) is 18.2 Å². The number of aryl methyl sites for hydroxylation is 1. The summed E-state index contributed by atoms with van der Waals surface area (Å²) >= 11 is 0. The number of nitrogens with one attached hydrogen (secondary N) is 1. The molecule has 0 amide bonds. The standard InChI is InChI=1S/C13H23N3O/c1-2-6-14-9-12-10-15-11-16(12)7-5-13-4-3-8-17-13/h10-11,13-14H,2-9H2,1H3. The maximum atomic E-state index is 5.64. The van der Waals surface area contributed by atoms with Gasteiger partial charge in [0, 0.05) is 25.9 Å². The van der Waals surface area contributed by atoms with Crippen LogP contribution in [-0.4, -0.2) is 28.8 Å². The molecule has 1 aliphatic heterocycles. The van der Waals surface area contributed by atoms with E-state index in [-0.39, 0.29) is 0 Å². The second-order valence-electron chi connectivity index (χ2n) is 4.68. The zero-order chi connectivity index (χ0) is 11.9. The highest BCUT2D eigenvalue weighted by atomic mass is 16.5. The molecule has 1 fully saturated rings. The van der Waals surface area contributed by atoms with Crippen LogP contribution >= 0.6 is 0 Å². The van der Waals surface area contributed by atoms with E-state index >= 15 is 0 Å².